The molecule has 1 rings (SSSR count). The van der Waals surface area contributed by atoms with E-state index in [9.17, 15) is 4.79 Å². The van der Waals surface area contributed by atoms with Crippen molar-refractivity contribution in [1.29, 1.82) is 5.26 Å². The molecule has 0 aromatic heterocycles. The summed E-state index contributed by atoms with van der Waals surface area (Å²) in [5.74, 6) is 0.000324. The first-order chi connectivity index (χ1) is 5.24. The zero-order valence-electron chi connectivity index (χ0n) is 6.62. The second-order valence-corrected chi connectivity index (χ2v) is 2.75. The van der Waals surface area contributed by atoms with Crippen molar-refractivity contribution in [3.63, 3.8) is 0 Å². The number of nitrogens with two attached hydrogens (primary N) is 1. The number of nitrogens with one attached hydrogen (secondary N) is 1. The summed E-state index contributed by atoms with van der Waals surface area (Å²) in [5.41, 5.74) is 5.37. The van der Waals surface area contributed by atoms with Crippen molar-refractivity contribution in [3.8, 4) is 6.07 Å². The van der Waals surface area contributed by atoms with E-state index in [-0.39, 0.29) is 24.2 Å². The van der Waals surface area contributed by atoms with Crippen LogP contribution in [0.15, 0.2) is 0 Å². The lowest BCUT2D eigenvalue weighted by Gasteiger charge is -2.06. The highest BCUT2D eigenvalue weighted by molar-refractivity contribution is 5.85. The minimum Gasteiger partial charge on any atom is -0.356 e. The zero-order chi connectivity index (χ0) is 8.27. The topological polar surface area (TPSA) is 78.9 Å². The number of carbonyl (C=O) groups is 1. The minimum absolute atomic E-state index is 0. The fourth-order valence-electron chi connectivity index (χ4n) is 1.23. The standard InChI is InChI=1S/C7H11N3O.ClH/c8-4-6(9)3-5-1-2-10-7(5)11;/h5-6H,1-3,9H2,(H,10,11);1H/t5-,6?;/m0./s1. The summed E-state index contributed by atoms with van der Waals surface area (Å²) in [7, 11) is 0. The first-order valence-corrected chi connectivity index (χ1v) is 3.67. The number of nitrogens with zero attached hydrogens (tertiary/aromatic N) is 1. The molecule has 0 aromatic carbocycles. The van der Waals surface area contributed by atoms with Crippen molar-refractivity contribution in [2.45, 2.75) is 18.9 Å². The molecule has 12 heavy (non-hydrogen) atoms. The smallest absolute Gasteiger partial charge is 0.223 e. The van der Waals surface area contributed by atoms with E-state index in [0.717, 1.165) is 13.0 Å². The van der Waals surface area contributed by atoms with Crippen LogP contribution in [0.4, 0.5) is 0 Å². The first kappa shape index (κ1) is 11.2. The lowest BCUT2D eigenvalue weighted by molar-refractivity contribution is -0.122. The van der Waals surface area contributed by atoms with Crippen molar-refractivity contribution in [2.24, 2.45) is 11.7 Å². The van der Waals surface area contributed by atoms with Crippen LogP contribution in [0.2, 0.25) is 0 Å². The second kappa shape index (κ2) is 4.96. The van der Waals surface area contributed by atoms with Gasteiger partial charge in [0.25, 0.3) is 0 Å². The van der Waals surface area contributed by atoms with E-state index in [4.69, 9.17) is 11.0 Å². The third-order valence-electron chi connectivity index (χ3n) is 1.87. The van der Waals surface area contributed by atoms with Crippen molar-refractivity contribution in [3.05, 3.63) is 0 Å². The van der Waals surface area contributed by atoms with Crippen molar-refractivity contribution in [1.82, 2.24) is 5.32 Å². The van der Waals surface area contributed by atoms with Gasteiger partial charge in [0.2, 0.25) is 5.91 Å². The van der Waals surface area contributed by atoms with Gasteiger partial charge in [0.1, 0.15) is 0 Å². The van der Waals surface area contributed by atoms with Crippen LogP contribution in [0.25, 0.3) is 0 Å². The largest absolute Gasteiger partial charge is 0.356 e. The maximum Gasteiger partial charge on any atom is 0.223 e. The van der Waals surface area contributed by atoms with E-state index in [1.807, 2.05) is 6.07 Å². The maximum absolute atomic E-state index is 10.9. The summed E-state index contributed by atoms with van der Waals surface area (Å²) in [6, 6.07) is 1.41. The van der Waals surface area contributed by atoms with Gasteiger partial charge in [-0.1, -0.05) is 0 Å². The minimum atomic E-state index is -0.496. The van der Waals surface area contributed by atoms with Crippen LogP contribution < -0.4 is 11.1 Å². The number of rotatable bonds is 2. The highest BCUT2D eigenvalue weighted by Crippen LogP contribution is 2.14. The summed E-state index contributed by atoms with van der Waals surface area (Å²) in [6.45, 7) is 0.724. The average Bonchev–Trinajstić information content (AvgIpc) is 2.37. The molecule has 3 N–H and O–H groups in total. The Morgan fingerprint density at radius 1 is 1.83 bits per heavy atom. The van der Waals surface area contributed by atoms with E-state index >= 15 is 0 Å². The fraction of sp³-hybridized carbons (Fsp3) is 0.714. The lowest BCUT2D eigenvalue weighted by Crippen LogP contribution is -2.26. The van der Waals surface area contributed by atoms with Crippen molar-refractivity contribution >= 4 is 18.3 Å². The molecule has 1 saturated heterocycles. The lowest BCUT2D eigenvalue weighted by atomic mass is 10.00. The van der Waals surface area contributed by atoms with Gasteiger partial charge < -0.3 is 11.1 Å². The summed E-state index contributed by atoms with van der Waals surface area (Å²) < 4.78 is 0. The number of hydrogen-bond donors (Lipinski definition) is 2. The van der Waals surface area contributed by atoms with Crippen LogP contribution in [0.3, 0.4) is 0 Å². The van der Waals surface area contributed by atoms with E-state index in [1.54, 1.807) is 0 Å². The van der Waals surface area contributed by atoms with Crippen LogP contribution in [-0.2, 0) is 4.79 Å². The second-order valence-electron chi connectivity index (χ2n) is 2.75. The average molecular weight is 190 g/mol. The van der Waals surface area contributed by atoms with Gasteiger partial charge in [-0.25, -0.2) is 0 Å². The van der Waals surface area contributed by atoms with E-state index < -0.39 is 6.04 Å². The third-order valence-corrected chi connectivity index (χ3v) is 1.87. The molecular weight excluding hydrogens is 178 g/mol. The van der Waals surface area contributed by atoms with E-state index in [2.05, 4.69) is 5.32 Å². The number of amides is 1. The van der Waals surface area contributed by atoms with E-state index in [1.165, 1.54) is 0 Å². The Hall–Kier alpha value is -0.790. The summed E-state index contributed by atoms with van der Waals surface area (Å²) >= 11 is 0. The van der Waals surface area contributed by atoms with Gasteiger partial charge in [-0.2, -0.15) is 5.26 Å². The van der Waals surface area contributed by atoms with Crippen molar-refractivity contribution in [2.75, 3.05) is 6.54 Å². The molecule has 0 radical (unpaired) electrons. The van der Waals surface area contributed by atoms with Crippen LogP contribution in [0.5, 0.6) is 0 Å². The Labute approximate surface area is 77.5 Å². The Bertz CT molecular complexity index is 201. The SMILES string of the molecule is Cl.N#CC(N)C[C@@H]1CCNC1=O. The molecule has 1 aliphatic rings. The molecule has 1 amide bonds. The number of halogens is 1. The van der Waals surface area contributed by atoms with Crippen LogP contribution in [0, 0.1) is 17.2 Å². The Kier molecular flexibility index (Phi) is 4.64. The highest BCUT2D eigenvalue weighted by Gasteiger charge is 2.25. The summed E-state index contributed by atoms with van der Waals surface area (Å²) in [4.78, 5) is 10.9. The van der Waals surface area contributed by atoms with Gasteiger partial charge in [-0.15, -0.1) is 12.4 Å². The molecule has 1 heterocycles. The van der Waals surface area contributed by atoms with Gasteiger partial charge in [-0.05, 0) is 12.8 Å². The van der Waals surface area contributed by atoms with Crippen molar-refractivity contribution < 1.29 is 4.79 Å². The number of hydrogen-bond acceptors (Lipinski definition) is 3. The zero-order valence-corrected chi connectivity index (χ0v) is 7.43. The van der Waals surface area contributed by atoms with Gasteiger partial charge in [0.05, 0.1) is 12.1 Å². The molecule has 1 fully saturated rings. The van der Waals surface area contributed by atoms with Gasteiger partial charge in [-0.3, -0.25) is 4.79 Å². The number of carbonyl (C=O) groups excluding carboxylic acids is 1. The van der Waals surface area contributed by atoms with Crippen LogP contribution in [-0.4, -0.2) is 18.5 Å². The highest BCUT2D eigenvalue weighted by atomic mass is 35.5. The maximum atomic E-state index is 10.9. The van der Waals surface area contributed by atoms with Crippen LogP contribution >= 0.6 is 12.4 Å². The van der Waals surface area contributed by atoms with Gasteiger partial charge in [0, 0.05) is 12.5 Å². The fourth-order valence-corrected chi connectivity index (χ4v) is 1.23. The monoisotopic (exact) mass is 189 g/mol. The quantitative estimate of drug-likeness (QED) is 0.631. The predicted octanol–water partition coefficient (Wildman–Crippen LogP) is -0.215. The predicted molar refractivity (Wildman–Crippen MR) is 46.6 cm³/mol. The molecule has 0 bridgehead atoms. The van der Waals surface area contributed by atoms with Gasteiger partial charge >= 0.3 is 0 Å². The van der Waals surface area contributed by atoms with E-state index in [0.29, 0.717) is 6.42 Å². The molecule has 4 nitrogen and oxygen atoms in total. The Balaban J connectivity index is 0.00000121. The molecule has 0 aliphatic carbocycles. The molecule has 0 spiro atoms. The molecule has 2 atom stereocenters. The number of nitriles is 1. The summed E-state index contributed by atoms with van der Waals surface area (Å²) in [6.07, 6.45) is 1.30. The summed E-state index contributed by atoms with van der Waals surface area (Å²) in [5, 5.41) is 11.1. The molecule has 68 valence electrons. The molecule has 0 aromatic rings. The molecule has 5 heteroatoms. The first-order valence-electron chi connectivity index (χ1n) is 3.67. The molecule has 1 unspecified atom stereocenters. The third kappa shape index (κ3) is 2.68. The van der Waals surface area contributed by atoms with Gasteiger partial charge in [0.15, 0.2) is 0 Å². The van der Waals surface area contributed by atoms with Crippen LogP contribution in [0.1, 0.15) is 12.8 Å². The Morgan fingerprint density at radius 3 is 2.92 bits per heavy atom. The normalized spacial score (nSPS) is 23.7. The molecular formula is C7H12ClN3O. The Morgan fingerprint density at radius 2 is 2.50 bits per heavy atom. The molecule has 0 saturated carbocycles. The molecule has 1 aliphatic heterocycles.